The predicted molar refractivity (Wildman–Crippen MR) is 130 cm³/mol. The van der Waals surface area contributed by atoms with Crippen LogP contribution in [0.15, 0.2) is 59.3 Å². The van der Waals surface area contributed by atoms with Crippen LogP contribution in [0.3, 0.4) is 0 Å². The van der Waals surface area contributed by atoms with Crippen LogP contribution < -0.4 is 4.90 Å². The van der Waals surface area contributed by atoms with Gasteiger partial charge in [0.15, 0.2) is 0 Å². The molecule has 0 saturated carbocycles. The molecule has 3 rings (SSSR count). The van der Waals surface area contributed by atoms with Crippen LogP contribution in [0.2, 0.25) is 0 Å². The Morgan fingerprint density at radius 1 is 1.11 bits per heavy atom. The van der Waals surface area contributed by atoms with Gasteiger partial charge in [0.25, 0.3) is 0 Å². The number of para-hydroxylation sites is 1. The Kier molecular flexibility index (Phi) is 20.9. The zero-order chi connectivity index (χ0) is 17.6. The van der Waals surface area contributed by atoms with Gasteiger partial charge in [-0.2, -0.15) is 0 Å². The summed E-state index contributed by atoms with van der Waals surface area (Å²) >= 11 is 5.25. The van der Waals surface area contributed by atoms with Crippen LogP contribution in [0.4, 0.5) is 5.69 Å². The van der Waals surface area contributed by atoms with Crippen molar-refractivity contribution in [3.05, 3.63) is 86.0 Å². The van der Waals surface area contributed by atoms with E-state index in [4.69, 9.17) is 5.73 Å². The zero-order valence-corrected chi connectivity index (χ0v) is 24.1. The maximum absolute atomic E-state index is 6.94. The van der Waals surface area contributed by atoms with Gasteiger partial charge in [-0.05, 0) is 12.1 Å². The van der Waals surface area contributed by atoms with Crippen molar-refractivity contribution in [3.8, 4) is 0 Å². The monoisotopic (exact) mass is 566 g/mol. The average Bonchev–Trinajstić information content (AvgIpc) is 2.94. The van der Waals surface area contributed by atoms with Gasteiger partial charge in [0.1, 0.15) is 0 Å². The van der Waals surface area contributed by atoms with Crippen molar-refractivity contribution in [2.75, 3.05) is 4.90 Å². The molecule has 27 heavy (non-hydrogen) atoms. The van der Waals surface area contributed by atoms with Gasteiger partial charge < -0.3 is 25.5 Å². The third-order valence-corrected chi connectivity index (χ3v) is 3.48. The van der Waals surface area contributed by atoms with E-state index in [1.807, 2.05) is 33.7 Å². The second kappa shape index (κ2) is 16.2. The zero-order valence-electron chi connectivity index (χ0n) is 17.0. The third kappa shape index (κ3) is 11.8. The topological polar surface area (TPSA) is 27.0 Å². The van der Waals surface area contributed by atoms with Gasteiger partial charge in [0, 0.05) is 5.69 Å². The van der Waals surface area contributed by atoms with E-state index in [1.165, 1.54) is 22.5 Å². The Morgan fingerprint density at radius 2 is 1.56 bits per heavy atom. The fourth-order valence-electron chi connectivity index (χ4n) is 2.14. The number of anilines is 1. The number of rotatable bonds is 1. The quantitative estimate of drug-likeness (QED) is 0.165. The summed E-state index contributed by atoms with van der Waals surface area (Å²) in [7, 11) is 0. The number of benzene rings is 1. The number of allylic oxidation sites excluding steroid dienone is 3. The molecule has 2 nitrogen and oxygen atoms in total. The van der Waals surface area contributed by atoms with E-state index < -0.39 is 0 Å². The molecule has 7 heteroatoms. The fourth-order valence-corrected chi connectivity index (χ4v) is 2.86. The minimum atomic E-state index is -0.250. The van der Waals surface area contributed by atoms with E-state index in [-0.39, 0.29) is 50.2 Å². The SMILES string of the molecule is CC(C)(C)[NH-].CC1=[C-]C2=CC(Br)N(c3ccccc3)C2=C1.Cl.Cl.[CH3-].[CH3-].[SiH2]=[Zr]. The second-order valence-corrected chi connectivity index (χ2v) is 7.18. The first-order valence-corrected chi connectivity index (χ1v) is 14.2. The van der Waals surface area contributed by atoms with Crippen molar-refractivity contribution in [1.82, 2.24) is 0 Å². The van der Waals surface area contributed by atoms with E-state index in [0.29, 0.717) is 0 Å². The molecule has 0 spiro atoms. The first-order chi connectivity index (χ1) is 10.8. The Bertz CT molecular complexity index is 623. The van der Waals surface area contributed by atoms with Crippen molar-refractivity contribution in [1.29, 1.82) is 0 Å². The van der Waals surface area contributed by atoms with Crippen molar-refractivity contribution in [3.63, 3.8) is 0 Å². The normalized spacial score (nSPS) is 15.8. The molecule has 154 valence electrons. The van der Waals surface area contributed by atoms with Crippen molar-refractivity contribution in [2.45, 2.75) is 38.2 Å². The summed E-state index contributed by atoms with van der Waals surface area (Å²) < 4.78 is 0. The predicted octanol–water partition coefficient (Wildman–Crippen LogP) is 6.46. The van der Waals surface area contributed by atoms with E-state index in [2.05, 4.69) is 70.2 Å². The molecule has 1 aliphatic carbocycles. The molecule has 0 amide bonds. The van der Waals surface area contributed by atoms with Crippen molar-refractivity contribution >= 4 is 53.3 Å². The number of alkyl halides is 1. The molecule has 0 radical (unpaired) electrons. The van der Waals surface area contributed by atoms with Crippen molar-refractivity contribution in [2.24, 2.45) is 0 Å². The van der Waals surface area contributed by atoms with Crippen LogP contribution in [-0.4, -0.2) is 17.4 Å². The number of hydrogen-bond acceptors (Lipinski definition) is 1. The third-order valence-electron chi connectivity index (χ3n) is 2.81. The second-order valence-electron chi connectivity index (χ2n) is 6.25. The van der Waals surface area contributed by atoms with Gasteiger partial charge in [-0.15, -0.1) is 59.7 Å². The molecule has 0 saturated heterocycles. The summed E-state index contributed by atoms with van der Waals surface area (Å²) in [6.07, 6.45) is 7.73. The van der Waals surface area contributed by atoms with Crippen molar-refractivity contribution < 1.29 is 23.3 Å². The number of fused-ring (bicyclic) bond motifs is 1. The fraction of sp³-hybridized carbons (Fsp3) is 0.300. The molecule has 1 aromatic rings. The standard InChI is InChI=1S/C14H11BrN.C4H10N.2CH3.2ClH.H2Si.Zr/c1-10-7-11-9-14(15)16(13(11)8-10)12-5-3-2-4-6-12;1-4(2,3)5;;;;;;/h2-6,8-9,14H,1H3;5H,1-3H3;2*1H3;2*1H;1H2;/q4*-1;;;;. The van der Waals surface area contributed by atoms with Gasteiger partial charge in [-0.25, -0.2) is 0 Å². The average molecular weight is 570 g/mol. The molecule has 1 aromatic carbocycles. The molecule has 1 unspecified atom stereocenters. The number of nitrogens with one attached hydrogen (secondary N) is 1. The Balaban J connectivity index is -0.000000214. The van der Waals surface area contributed by atoms with Crippen LogP contribution in [0.1, 0.15) is 27.7 Å². The van der Waals surface area contributed by atoms with Crippen LogP contribution in [0.25, 0.3) is 5.73 Å². The molecule has 1 heterocycles. The molecule has 1 N–H and O–H groups in total. The van der Waals surface area contributed by atoms with Gasteiger partial charge >= 0.3 is 30.2 Å². The van der Waals surface area contributed by atoms with Crippen LogP contribution in [0, 0.1) is 20.9 Å². The Morgan fingerprint density at radius 3 is 2.00 bits per heavy atom. The van der Waals surface area contributed by atoms with E-state index in [0.717, 1.165) is 0 Å². The molecule has 1 aliphatic heterocycles. The number of halogens is 3. The van der Waals surface area contributed by atoms with Crippen LogP contribution in [-0.2, 0) is 23.3 Å². The molecule has 0 aromatic heterocycles. The first kappa shape index (κ1) is 34.8. The van der Waals surface area contributed by atoms with Gasteiger partial charge in [-0.1, -0.05) is 67.5 Å². The van der Waals surface area contributed by atoms with Gasteiger partial charge in [0.2, 0.25) is 0 Å². The maximum atomic E-state index is 6.94. The van der Waals surface area contributed by atoms with Gasteiger partial charge in [0.05, 0.1) is 4.95 Å². The number of nitrogens with zero attached hydrogens (tertiary/aromatic N) is 1. The molecule has 1 atom stereocenters. The van der Waals surface area contributed by atoms with E-state index in [9.17, 15) is 0 Å². The Hall–Kier alpha value is 0.360. The molecule has 0 bridgehead atoms. The summed E-state index contributed by atoms with van der Waals surface area (Å²) in [5, 5.41) is 0. The van der Waals surface area contributed by atoms with Crippen LogP contribution in [0.5, 0.6) is 0 Å². The summed E-state index contributed by atoms with van der Waals surface area (Å²) in [6.45, 7) is 9.60. The molecular weight excluding hydrogens is 538 g/mol. The van der Waals surface area contributed by atoms with Gasteiger partial charge in [-0.3, -0.25) is 0 Å². The summed E-state index contributed by atoms with van der Waals surface area (Å²) in [4.78, 5) is 2.51. The van der Waals surface area contributed by atoms with E-state index in [1.54, 1.807) is 23.3 Å². The summed E-state index contributed by atoms with van der Waals surface area (Å²) in [6, 6.07) is 10.4. The van der Waals surface area contributed by atoms with Crippen LogP contribution >= 0.6 is 40.7 Å². The minimum absolute atomic E-state index is 0. The number of hydrogen-bond donors (Lipinski definition) is 0. The molecule has 2 aliphatic rings. The van der Waals surface area contributed by atoms with E-state index >= 15 is 0 Å². The molecule has 0 fully saturated rings. The molecular formula is C20H31BrCl2N2SiZr-4. The Labute approximate surface area is 204 Å². The summed E-state index contributed by atoms with van der Waals surface area (Å²) in [5.41, 5.74) is 11.5. The summed E-state index contributed by atoms with van der Waals surface area (Å²) in [5.74, 6) is 0. The first-order valence-electron chi connectivity index (χ1n) is 7.39.